The second-order valence-electron chi connectivity index (χ2n) is 7.88. The molecule has 0 saturated heterocycles. The fourth-order valence-corrected chi connectivity index (χ4v) is 4.23. The zero-order valence-corrected chi connectivity index (χ0v) is 19.2. The summed E-state index contributed by atoms with van der Waals surface area (Å²) in [5, 5.41) is 9.49. The predicted octanol–water partition coefficient (Wildman–Crippen LogP) is 5.66. The summed E-state index contributed by atoms with van der Waals surface area (Å²) >= 11 is 1.49. The highest BCUT2D eigenvalue weighted by molar-refractivity contribution is 7.99. The third-order valence-electron chi connectivity index (χ3n) is 5.44. The van der Waals surface area contributed by atoms with E-state index in [0.29, 0.717) is 23.4 Å². The maximum Gasteiger partial charge on any atom is 0.455 e. The minimum Gasteiger partial charge on any atom is -0.366 e. The molecule has 0 spiro atoms. The summed E-state index contributed by atoms with van der Waals surface area (Å²) in [6.45, 7) is 0.336. The number of aldehydes is 1. The van der Waals surface area contributed by atoms with E-state index in [1.807, 2.05) is 13.0 Å². The second-order valence-corrected chi connectivity index (χ2v) is 9.19. The molecule has 2 aromatic rings. The molecule has 0 aliphatic heterocycles. The molecule has 0 amide bonds. The van der Waals surface area contributed by atoms with Crippen molar-refractivity contribution in [2.75, 3.05) is 24.2 Å². The van der Waals surface area contributed by atoms with Gasteiger partial charge in [-0.2, -0.15) is 27.2 Å². The van der Waals surface area contributed by atoms with Crippen LogP contribution in [0.1, 0.15) is 30.9 Å². The topological polar surface area (TPSA) is 69.9 Å². The molecule has 5 nitrogen and oxygen atoms in total. The summed E-state index contributed by atoms with van der Waals surface area (Å²) in [7, 11) is 1.09. The van der Waals surface area contributed by atoms with Gasteiger partial charge in [0.1, 0.15) is 12.0 Å². The lowest BCUT2D eigenvalue weighted by atomic mass is 9.99. The molecule has 0 unspecified atom stereocenters. The van der Waals surface area contributed by atoms with Crippen LogP contribution in [0.2, 0.25) is 0 Å². The van der Waals surface area contributed by atoms with Crippen LogP contribution in [0.25, 0.3) is 17.5 Å². The summed E-state index contributed by atoms with van der Waals surface area (Å²) in [6, 6.07) is 5.70. The Kier molecular flexibility index (Phi) is 7.31. The van der Waals surface area contributed by atoms with E-state index < -0.39 is 24.1 Å². The van der Waals surface area contributed by atoms with E-state index in [4.69, 9.17) is 0 Å². The van der Waals surface area contributed by atoms with E-state index >= 15 is 0 Å². The van der Waals surface area contributed by atoms with Crippen LogP contribution in [0.5, 0.6) is 0 Å². The maximum absolute atomic E-state index is 13.6. The number of alkyl halides is 5. The molecule has 180 valence electrons. The molecule has 2 aromatic heterocycles. The largest absolute Gasteiger partial charge is 0.455 e. The Balaban J connectivity index is 2.03. The number of allylic oxidation sites excluding steroid dienone is 1. The zero-order chi connectivity index (χ0) is 25.1. The molecule has 0 N–H and O–H groups in total. The predicted molar refractivity (Wildman–Crippen MR) is 120 cm³/mol. The monoisotopic (exact) mass is 496 g/mol. The van der Waals surface area contributed by atoms with Gasteiger partial charge in [-0.05, 0) is 48.4 Å². The maximum atomic E-state index is 13.6. The Morgan fingerprint density at radius 1 is 1.21 bits per heavy atom. The van der Waals surface area contributed by atoms with E-state index in [2.05, 4.69) is 16.0 Å². The highest BCUT2D eigenvalue weighted by Gasteiger charge is 2.58. The van der Waals surface area contributed by atoms with E-state index in [1.165, 1.54) is 30.1 Å². The van der Waals surface area contributed by atoms with Crippen molar-refractivity contribution in [3.05, 3.63) is 41.7 Å². The number of anilines is 1. The van der Waals surface area contributed by atoms with Crippen molar-refractivity contribution < 1.29 is 26.7 Å². The Labute approximate surface area is 197 Å². The normalized spacial score (nSPS) is 15.2. The lowest BCUT2D eigenvalue weighted by Gasteiger charge is -2.28. The third-order valence-corrected chi connectivity index (χ3v) is 6.35. The fourth-order valence-electron chi connectivity index (χ4n) is 3.42. The number of carbonyl (C=O) groups excluding carboxylic acids is 1. The van der Waals surface area contributed by atoms with Crippen LogP contribution < -0.4 is 4.90 Å². The van der Waals surface area contributed by atoms with Gasteiger partial charge in [0, 0.05) is 23.7 Å². The van der Waals surface area contributed by atoms with Crippen LogP contribution in [-0.2, 0) is 10.2 Å². The van der Waals surface area contributed by atoms with Crippen molar-refractivity contribution in [2.24, 2.45) is 0 Å². The first kappa shape index (κ1) is 25.6. The van der Waals surface area contributed by atoms with Crippen LogP contribution >= 0.6 is 11.8 Å². The van der Waals surface area contributed by atoms with Gasteiger partial charge in [0.15, 0.2) is 0 Å². The number of hydrogen-bond donors (Lipinski definition) is 0. The first-order chi connectivity index (χ1) is 16.0. The number of aromatic nitrogens is 2. The first-order valence-corrected chi connectivity index (χ1v) is 11.3. The molecule has 1 aliphatic rings. The summed E-state index contributed by atoms with van der Waals surface area (Å²) < 4.78 is 65.2. The number of rotatable bonds is 9. The minimum absolute atomic E-state index is 0.00602. The summed E-state index contributed by atoms with van der Waals surface area (Å²) in [5.41, 5.74) is 1.34. The lowest BCUT2D eigenvalue weighted by Crippen LogP contribution is -2.46. The molecule has 0 radical (unpaired) electrons. The van der Waals surface area contributed by atoms with Gasteiger partial charge in [0.05, 0.1) is 35.6 Å². The quantitative estimate of drug-likeness (QED) is 0.193. The molecule has 11 heteroatoms. The lowest BCUT2D eigenvalue weighted by molar-refractivity contribution is -0.276. The van der Waals surface area contributed by atoms with Gasteiger partial charge in [-0.1, -0.05) is 6.92 Å². The van der Waals surface area contributed by atoms with Crippen molar-refractivity contribution in [3.8, 4) is 17.5 Å². The summed E-state index contributed by atoms with van der Waals surface area (Å²) in [5.74, 6) is -4.23. The number of thioether (sulfide) groups is 1. The number of nitriles is 1. The van der Waals surface area contributed by atoms with E-state index in [1.54, 1.807) is 6.20 Å². The van der Waals surface area contributed by atoms with Crippen LogP contribution in [0.4, 0.5) is 27.6 Å². The van der Waals surface area contributed by atoms with Crippen molar-refractivity contribution >= 4 is 29.8 Å². The SMILES string of the molecule is CCSc1cc(C2(C#N)CC2)cnc1-c1cc(/C=C\C=O)c(N(C)CC(F)(F)C(F)(F)F)cn1. The van der Waals surface area contributed by atoms with Gasteiger partial charge in [-0.3, -0.25) is 14.8 Å². The number of carbonyl (C=O) groups is 1. The summed E-state index contributed by atoms with van der Waals surface area (Å²) in [6.07, 6.45) is 1.49. The van der Waals surface area contributed by atoms with Gasteiger partial charge in [0.2, 0.25) is 0 Å². The van der Waals surface area contributed by atoms with Crippen molar-refractivity contribution in [2.45, 2.75) is 42.2 Å². The third kappa shape index (κ3) is 5.22. The number of halogens is 5. The van der Waals surface area contributed by atoms with E-state index in [9.17, 15) is 32.0 Å². The zero-order valence-electron chi connectivity index (χ0n) is 18.4. The van der Waals surface area contributed by atoms with Gasteiger partial charge in [0.25, 0.3) is 0 Å². The molecular formula is C23H21F5N4OS. The van der Waals surface area contributed by atoms with Crippen LogP contribution in [0, 0.1) is 11.3 Å². The summed E-state index contributed by atoms with van der Waals surface area (Å²) in [4.78, 5) is 21.1. The molecule has 2 heterocycles. The first-order valence-electron chi connectivity index (χ1n) is 10.3. The van der Waals surface area contributed by atoms with Gasteiger partial charge in [-0.15, -0.1) is 11.8 Å². The Bertz CT molecular complexity index is 1140. The molecule has 0 bridgehead atoms. The standard InChI is InChI=1S/C23H21F5N4OS/c1-3-34-19-10-16(21(13-29)6-7-21)11-31-20(19)17-9-15(5-4-8-33)18(12-30-17)32(2)14-22(24,25)23(26,27)28/h4-5,8-12H,3,6-7,14H2,1-2H3/b5-4-. The van der Waals surface area contributed by atoms with Crippen molar-refractivity contribution in [3.63, 3.8) is 0 Å². The molecular weight excluding hydrogens is 475 g/mol. The fraction of sp³-hybridized carbons (Fsp3) is 0.391. The Hall–Kier alpha value is -3.00. The van der Waals surface area contributed by atoms with Gasteiger partial charge in [-0.25, -0.2) is 0 Å². The van der Waals surface area contributed by atoms with E-state index in [-0.39, 0.29) is 11.3 Å². The molecule has 34 heavy (non-hydrogen) atoms. The molecule has 1 fully saturated rings. The van der Waals surface area contributed by atoms with Crippen LogP contribution in [0.3, 0.4) is 0 Å². The highest BCUT2D eigenvalue weighted by atomic mass is 32.2. The Morgan fingerprint density at radius 2 is 1.91 bits per heavy atom. The number of nitrogens with zero attached hydrogens (tertiary/aromatic N) is 4. The number of hydrogen-bond acceptors (Lipinski definition) is 6. The molecule has 1 saturated carbocycles. The molecule has 0 atom stereocenters. The van der Waals surface area contributed by atoms with Crippen molar-refractivity contribution in [1.82, 2.24) is 9.97 Å². The average molecular weight is 497 g/mol. The second kappa shape index (κ2) is 9.70. The smallest absolute Gasteiger partial charge is 0.366 e. The van der Waals surface area contributed by atoms with Crippen LogP contribution in [0.15, 0.2) is 35.5 Å². The Morgan fingerprint density at radius 3 is 2.47 bits per heavy atom. The number of pyridine rings is 2. The highest BCUT2D eigenvalue weighted by Crippen LogP contribution is 2.48. The van der Waals surface area contributed by atoms with Gasteiger partial charge >= 0.3 is 12.1 Å². The molecule has 0 aromatic carbocycles. The van der Waals surface area contributed by atoms with Crippen molar-refractivity contribution in [1.29, 1.82) is 5.26 Å². The average Bonchev–Trinajstić information content (AvgIpc) is 3.58. The minimum atomic E-state index is -5.70. The van der Waals surface area contributed by atoms with E-state index in [0.717, 1.165) is 41.3 Å². The molecule has 3 rings (SSSR count). The van der Waals surface area contributed by atoms with Gasteiger partial charge < -0.3 is 4.90 Å². The molecule has 1 aliphatic carbocycles. The van der Waals surface area contributed by atoms with Crippen LogP contribution in [-0.4, -0.2) is 47.7 Å².